The lowest BCUT2D eigenvalue weighted by atomic mass is 9.82. The first-order valence-corrected chi connectivity index (χ1v) is 11.7. The molecule has 5 unspecified atom stereocenters. The number of carbonyl (C=O) groups is 3. The van der Waals surface area contributed by atoms with Gasteiger partial charge in [0, 0.05) is 26.9 Å². The van der Waals surface area contributed by atoms with Gasteiger partial charge in [0.05, 0.1) is 12.1 Å². The number of carbonyl (C=O) groups excluding carboxylic acids is 3. The molecule has 37 heavy (non-hydrogen) atoms. The number of hydrogen-bond donors (Lipinski definition) is 1. The van der Waals surface area contributed by atoms with Crippen LogP contribution in [0.2, 0.25) is 0 Å². The van der Waals surface area contributed by atoms with E-state index >= 15 is 0 Å². The summed E-state index contributed by atoms with van der Waals surface area (Å²) in [4.78, 5) is 34.7. The molecule has 2 rings (SSSR count). The number of nitrogens with one attached hydrogen (secondary N) is 1. The Balaban J connectivity index is 1.84. The van der Waals surface area contributed by atoms with Crippen LogP contribution in [-0.4, -0.2) is 49.5 Å². The summed E-state index contributed by atoms with van der Waals surface area (Å²) in [6, 6.07) is -0.461. The van der Waals surface area contributed by atoms with Crippen molar-refractivity contribution in [3.8, 4) is 5.75 Å². The Hall–Kier alpha value is -2.80. The summed E-state index contributed by atoms with van der Waals surface area (Å²) in [7, 11) is 0. The van der Waals surface area contributed by atoms with Gasteiger partial charge in [-0.1, -0.05) is 20.3 Å². The molecule has 0 aliphatic carbocycles. The molecule has 1 aromatic rings. The number of unbranched alkanes of at least 4 members (excludes halogenated alkanes) is 2. The van der Waals surface area contributed by atoms with Gasteiger partial charge in [-0.2, -0.15) is 8.78 Å². The zero-order chi connectivity index (χ0) is 27.9. The van der Waals surface area contributed by atoms with E-state index in [-0.39, 0.29) is 43.8 Å². The smallest absolute Gasteiger partial charge is 0.311 e. The Bertz CT molecular complexity index is 962. The fraction of sp³-hybridized carbons (Fsp3) is 0.625. The van der Waals surface area contributed by atoms with Gasteiger partial charge in [-0.15, -0.1) is 0 Å². The van der Waals surface area contributed by atoms with Gasteiger partial charge in [0.1, 0.15) is 6.61 Å². The van der Waals surface area contributed by atoms with E-state index in [0.29, 0.717) is 12.8 Å². The first-order chi connectivity index (χ1) is 17.3. The Labute approximate surface area is 210 Å². The normalized spacial score (nSPS) is 23.4. The number of halogens is 5. The third kappa shape index (κ3) is 8.09. The average Bonchev–Trinajstić information content (AvgIpc) is 2.84. The lowest BCUT2D eigenvalue weighted by Crippen LogP contribution is -2.58. The van der Waals surface area contributed by atoms with Crippen LogP contribution in [0.15, 0.2) is 0 Å². The van der Waals surface area contributed by atoms with E-state index in [1.807, 2.05) is 13.8 Å². The monoisotopic (exact) mass is 539 g/mol. The van der Waals surface area contributed by atoms with Crippen LogP contribution < -0.4 is 10.1 Å². The molecule has 1 fully saturated rings. The Morgan fingerprint density at radius 1 is 0.865 bits per heavy atom. The Morgan fingerprint density at radius 2 is 1.46 bits per heavy atom. The minimum atomic E-state index is -2.35. The number of esters is 2. The molecule has 0 spiro atoms. The summed E-state index contributed by atoms with van der Waals surface area (Å²) in [5, 5.41) is 2.81. The van der Waals surface area contributed by atoms with Crippen molar-refractivity contribution in [1.82, 2.24) is 5.32 Å². The molecule has 0 bridgehead atoms. The van der Waals surface area contributed by atoms with Crippen LogP contribution in [-0.2, 0) is 28.6 Å². The molecule has 208 valence electrons. The predicted octanol–water partition coefficient (Wildman–Crippen LogP) is 3.93. The van der Waals surface area contributed by atoms with Crippen molar-refractivity contribution in [3.63, 3.8) is 0 Å². The number of amides is 1. The van der Waals surface area contributed by atoms with E-state index in [1.165, 1.54) is 13.8 Å². The first kappa shape index (κ1) is 30.4. The standard InChI is InChI=1S/C24H30F5NO7/c1-11-12(2)22(30-13(3)31)24(36-15(11)10-35-14(4)32)34-9-7-5-6-8-16(33)37-23-20(28)18(26)17(25)19(27)21(23)29/h11-12,15,22,24H,5-10H2,1-4H3,(H,30,31). The van der Waals surface area contributed by atoms with Crippen molar-refractivity contribution in [2.24, 2.45) is 11.8 Å². The second-order valence-corrected chi connectivity index (χ2v) is 8.84. The highest BCUT2D eigenvalue weighted by Crippen LogP contribution is 2.32. The summed E-state index contributed by atoms with van der Waals surface area (Å²) < 4.78 is 88.0. The van der Waals surface area contributed by atoms with Gasteiger partial charge >= 0.3 is 11.9 Å². The summed E-state index contributed by atoms with van der Waals surface area (Å²) in [6.45, 7) is 6.67. The van der Waals surface area contributed by atoms with Crippen molar-refractivity contribution < 1.29 is 55.3 Å². The van der Waals surface area contributed by atoms with Crippen LogP contribution in [0.3, 0.4) is 0 Å². The SMILES string of the molecule is CC(=O)NC1C(OCCCCCC(=O)Oc2c(F)c(F)c(F)c(F)c2F)OC(COC(C)=O)C(C)C1C. The maximum atomic E-state index is 13.6. The molecule has 1 aliphatic rings. The van der Waals surface area contributed by atoms with Gasteiger partial charge in [-0.3, -0.25) is 14.4 Å². The highest BCUT2D eigenvalue weighted by atomic mass is 19.2. The molecule has 0 saturated carbocycles. The second kappa shape index (κ2) is 13.7. The van der Waals surface area contributed by atoms with Crippen molar-refractivity contribution in [1.29, 1.82) is 0 Å². The fourth-order valence-electron chi connectivity index (χ4n) is 3.85. The summed E-state index contributed by atoms with van der Waals surface area (Å²) in [5.74, 6) is -14.9. The minimum absolute atomic E-state index is 0.0264. The third-order valence-electron chi connectivity index (χ3n) is 6.10. The molecule has 13 heteroatoms. The molecule has 1 heterocycles. The number of benzene rings is 1. The first-order valence-electron chi connectivity index (χ1n) is 11.7. The fourth-order valence-corrected chi connectivity index (χ4v) is 3.85. The summed E-state index contributed by atoms with van der Waals surface area (Å²) in [5.41, 5.74) is 0. The van der Waals surface area contributed by atoms with Gasteiger partial charge in [-0.25, -0.2) is 13.2 Å². The van der Waals surface area contributed by atoms with Gasteiger partial charge in [-0.05, 0) is 24.7 Å². The van der Waals surface area contributed by atoms with Gasteiger partial charge in [0.25, 0.3) is 0 Å². The third-order valence-corrected chi connectivity index (χ3v) is 6.10. The minimum Gasteiger partial charge on any atom is -0.463 e. The van der Waals surface area contributed by atoms with E-state index in [0.717, 1.165) is 0 Å². The Morgan fingerprint density at radius 3 is 2.03 bits per heavy atom. The van der Waals surface area contributed by atoms with Gasteiger partial charge in [0.2, 0.25) is 40.7 Å². The zero-order valence-electron chi connectivity index (χ0n) is 20.9. The van der Waals surface area contributed by atoms with Crippen LogP contribution >= 0.6 is 0 Å². The van der Waals surface area contributed by atoms with E-state index in [9.17, 15) is 36.3 Å². The zero-order valence-corrected chi connectivity index (χ0v) is 20.9. The van der Waals surface area contributed by atoms with Crippen molar-refractivity contribution in [3.05, 3.63) is 29.1 Å². The highest BCUT2D eigenvalue weighted by molar-refractivity contribution is 5.73. The molecule has 1 aromatic carbocycles. The molecule has 5 atom stereocenters. The second-order valence-electron chi connectivity index (χ2n) is 8.84. The Kier molecular flexibility index (Phi) is 11.2. The van der Waals surface area contributed by atoms with Crippen LogP contribution in [0.1, 0.15) is 53.4 Å². The highest BCUT2D eigenvalue weighted by Gasteiger charge is 2.43. The van der Waals surface area contributed by atoms with Crippen LogP contribution in [0.25, 0.3) is 0 Å². The van der Waals surface area contributed by atoms with Gasteiger partial charge in [0.15, 0.2) is 6.29 Å². The van der Waals surface area contributed by atoms with Crippen molar-refractivity contribution in [2.45, 2.75) is 71.8 Å². The predicted molar refractivity (Wildman–Crippen MR) is 118 cm³/mol. The summed E-state index contributed by atoms with van der Waals surface area (Å²) in [6.07, 6.45) is -0.623. The maximum Gasteiger partial charge on any atom is 0.311 e. The number of rotatable bonds is 11. The largest absolute Gasteiger partial charge is 0.463 e. The lowest BCUT2D eigenvalue weighted by Gasteiger charge is -2.44. The molecule has 1 saturated heterocycles. The average molecular weight is 539 g/mol. The molecule has 8 nitrogen and oxygen atoms in total. The lowest BCUT2D eigenvalue weighted by molar-refractivity contribution is -0.244. The van der Waals surface area contributed by atoms with E-state index < -0.39 is 65.2 Å². The molecule has 0 radical (unpaired) electrons. The van der Waals surface area contributed by atoms with Crippen molar-refractivity contribution in [2.75, 3.05) is 13.2 Å². The van der Waals surface area contributed by atoms with E-state index in [2.05, 4.69) is 10.1 Å². The van der Waals surface area contributed by atoms with Crippen molar-refractivity contribution >= 4 is 17.8 Å². The molecular weight excluding hydrogens is 509 g/mol. The van der Waals surface area contributed by atoms with E-state index in [4.69, 9.17) is 14.2 Å². The van der Waals surface area contributed by atoms with Gasteiger partial charge < -0.3 is 24.3 Å². The molecule has 1 N–H and O–H groups in total. The topological polar surface area (TPSA) is 100 Å². The summed E-state index contributed by atoms with van der Waals surface area (Å²) >= 11 is 0. The maximum absolute atomic E-state index is 13.6. The quantitative estimate of drug-likeness (QED) is 0.114. The van der Waals surface area contributed by atoms with E-state index in [1.54, 1.807) is 0 Å². The molecule has 1 amide bonds. The van der Waals surface area contributed by atoms with Crippen LogP contribution in [0.4, 0.5) is 22.0 Å². The number of ether oxygens (including phenoxy) is 4. The molecular formula is C24H30F5NO7. The molecule has 0 aromatic heterocycles. The van der Waals surface area contributed by atoms with Crippen LogP contribution in [0.5, 0.6) is 5.75 Å². The molecule has 1 aliphatic heterocycles. The number of hydrogen-bond acceptors (Lipinski definition) is 7. The van der Waals surface area contributed by atoms with Crippen LogP contribution in [0, 0.1) is 40.9 Å².